The minimum Gasteiger partial charge on any atom is -0.333 e. The van der Waals surface area contributed by atoms with Crippen molar-refractivity contribution in [3.8, 4) is 16.5 Å². The first-order valence-corrected chi connectivity index (χ1v) is 10.7. The van der Waals surface area contributed by atoms with Gasteiger partial charge in [0.05, 0.1) is 23.5 Å². The largest absolute Gasteiger partial charge is 0.333 e. The maximum Gasteiger partial charge on any atom is 0.255 e. The molecule has 0 radical (unpaired) electrons. The number of aromatic nitrogens is 3. The molecular weight excluding hydrogens is 382 g/mol. The second-order valence-corrected chi connectivity index (χ2v) is 8.97. The number of pyridine rings is 1. The van der Waals surface area contributed by atoms with Crippen LogP contribution in [0.4, 0.5) is 0 Å². The van der Waals surface area contributed by atoms with Gasteiger partial charge in [0.15, 0.2) is 0 Å². The van der Waals surface area contributed by atoms with Crippen molar-refractivity contribution >= 4 is 17.2 Å². The van der Waals surface area contributed by atoms with Gasteiger partial charge in [0, 0.05) is 40.3 Å². The van der Waals surface area contributed by atoms with Gasteiger partial charge in [-0.1, -0.05) is 6.07 Å². The van der Waals surface area contributed by atoms with E-state index in [2.05, 4.69) is 21.3 Å². The number of rotatable bonds is 3. The van der Waals surface area contributed by atoms with Crippen LogP contribution in [-0.2, 0) is 5.41 Å². The molecule has 29 heavy (non-hydrogen) atoms. The van der Waals surface area contributed by atoms with Crippen molar-refractivity contribution in [1.82, 2.24) is 20.1 Å². The van der Waals surface area contributed by atoms with E-state index in [0.29, 0.717) is 12.8 Å². The third kappa shape index (κ3) is 2.87. The van der Waals surface area contributed by atoms with E-state index < -0.39 is 5.41 Å². The summed E-state index contributed by atoms with van der Waals surface area (Å²) >= 11 is 1.56. The van der Waals surface area contributed by atoms with Crippen LogP contribution in [0.5, 0.6) is 0 Å². The van der Waals surface area contributed by atoms with Crippen molar-refractivity contribution in [3.05, 3.63) is 59.0 Å². The Bertz CT molecular complexity index is 1080. The van der Waals surface area contributed by atoms with Crippen LogP contribution in [-0.4, -0.2) is 38.1 Å². The lowest BCUT2D eigenvalue weighted by molar-refractivity contribution is 0.0524. The molecule has 2 atom stereocenters. The molecule has 5 heterocycles. The van der Waals surface area contributed by atoms with Crippen molar-refractivity contribution in [1.29, 1.82) is 5.26 Å². The summed E-state index contributed by atoms with van der Waals surface area (Å²) in [5.74, 6) is 0.0766. The molecule has 2 saturated heterocycles. The second kappa shape index (κ2) is 6.82. The fourth-order valence-corrected chi connectivity index (χ4v) is 5.91. The van der Waals surface area contributed by atoms with Gasteiger partial charge in [-0.05, 0) is 50.3 Å². The van der Waals surface area contributed by atoms with E-state index in [4.69, 9.17) is 0 Å². The fraction of sp³-hybridized carbons (Fsp3) is 0.364. The summed E-state index contributed by atoms with van der Waals surface area (Å²) in [5.41, 5.74) is 3.04. The van der Waals surface area contributed by atoms with Gasteiger partial charge in [-0.3, -0.25) is 14.9 Å². The Balaban J connectivity index is 1.43. The summed E-state index contributed by atoms with van der Waals surface area (Å²) in [6.45, 7) is 2.02. The lowest BCUT2D eigenvalue weighted by Gasteiger charge is -2.43. The van der Waals surface area contributed by atoms with E-state index in [0.717, 1.165) is 40.1 Å². The van der Waals surface area contributed by atoms with Crippen LogP contribution in [0.2, 0.25) is 0 Å². The van der Waals surface area contributed by atoms with E-state index >= 15 is 0 Å². The van der Waals surface area contributed by atoms with E-state index in [-0.39, 0.29) is 18.0 Å². The standard InChI is InChI=1S/C22H21N5OS/c1-14-3-2-6-24-20(14)22(13-23)8-17-4-5-18(9-22)27(17)21(28)15-7-19(29-12-15)16-10-25-26-11-16/h2-3,6-7,10-12,17-18H,4-5,8-9H2,1H3,(H,25,26). The smallest absolute Gasteiger partial charge is 0.255 e. The topological polar surface area (TPSA) is 85.7 Å². The molecule has 7 heteroatoms. The molecule has 2 fully saturated rings. The fourth-order valence-electron chi connectivity index (χ4n) is 5.04. The van der Waals surface area contributed by atoms with Crippen LogP contribution in [0, 0.1) is 18.3 Å². The monoisotopic (exact) mass is 403 g/mol. The van der Waals surface area contributed by atoms with E-state index in [9.17, 15) is 10.1 Å². The molecule has 2 aliphatic heterocycles. The van der Waals surface area contributed by atoms with E-state index in [1.807, 2.05) is 41.6 Å². The summed E-state index contributed by atoms with van der Waals surface area (Å²) < 4.78 is 0. The molecule has 0 aromatic carbocycles. The number of nitrogens with zero attached hydrogens (tertiary/aromatic N) is 4. The molecule has 1 amide bonds. The minimum atomic E-state index is -0.607. The van der Waals surface area contributed by atoms with Crippen molar-refractivity contribution in [2.75, 3.05) is 0 Å². The normalized spacial score (nSPS) is 25.7. The first-order valence-electron chi connectivity index (χ1n) is 9.85. The highest BCUT2D eigenvalue weighted by Crippen LogP contribution is 2.47. The number of nitrogens with one attached hydrogen (secondary N) is 1. The van der Waals surface area contributed by atoms with Crippen LogP contribution in [0.25, 0.3) is 10.4 Å². The van der Waals surface area contributed by atoms with Crippen LogP contribution in [0.3, 0.4) is 0 Å². The molecule has 2 aliphatic rings. The third-order valence-corrected chi connectivity index (χ3v) is 7.31. The van der Waals surface area contributed by atoms with Gasteiger partial charge in [0.1, 0.15) is 5.41 Å². The first kappa shape index (κ1) is 18.1. The molecule has 1 N–H and O–H groups in total. The second-order valence-electron chi connectivity index (χ2n) is 8.06. The lowest BCUT2D eigenvalue weighted by Crippen LogP contribution is -2.51. The van der Waals surface area contributed by atoms with Gasteiger partial charge in [-0.25, -0.2) is 0 Å². The van der Waals surface area contributed by atoms with Crippen molar-refractivity contribution in [2.24, 2.45) is 0 Å². The minimum absolute atomic E-state index is 0.0766. The number of carbonyl (C=O) groups excluding carboxylic acids is 1. The molecule has 146 valence electrons. The van der Waals surface area contributed by atoms with Gasteiger partial charge in [0.2, 0.25) is 0 Å². The number of fused-ring (bicyclic) bond motifs is 2. The average Bonchev–Trinajstić information content (AvgIpc) is 3.47. The van der Waals surface area contributed by atoms with Crippen LogP contribution in [0.1, 0.15) is 47.3 Å². The maximum absolute atomic E-state index is 13.4. The molecular formula is C22H21N5OS. The van der Waals surface area contributed by atoms with Gasteiger partial charge in [0.25, 0.3) is 5.91 Å². The predicted molar refractivity (Wildman–Crippen MR) is 110 cm³/mol. The summed E-state index contributed by atoms with van der Waals surface area (Å²) in [6, 6.07) is 8.63. The number of thiophene rings is 1. The van der Waals surface area contributed by atoms with Crippen LogP contribution < -0.4 is 0 Å². The Labute approximate surface area is 173 Å². The number of nitriles is 1. The van der Waals surface area contributed by atoms with E-state index in [1.165, 1.54) is 0 Å². The zero-order valence-corrected chi connectivity index (χ0v) is 16.9. The number of carbonyl (C=O) groups is 1. The quantitative estimate of drug-likeness (QED) is 0.714. The Morgan fingerprint density at radius 1 is 1.38 bits per heavy atom. The summed E-state index contributed by atoms with van der Waals surface area (Å²) in [5, 5.41) is 18.9. The molecule has 3 aromatic heterocycles. The molecule has 6 nitrogen and oxygen atoms in total. The number of H-pyrrole nitrogens is 1. The van der Waals surface area contributed by atoms with Gasteiger partial charge >= 0.3 is 0 Å². The number of hydrogen-bond acceptors (Lipinski definition) is 5. The number of amides is 1. The SMILES string of the molecule is Cc1cccnc1C1(C#N)CC2CCC(C1)N2C(=O)c1csc(-c2cn[nH]c2)c1. The van der Waals surface area contributed by atoms with Gasteiger partial charge in [-0.2, -0.15) is 10.4 Å². The highest BCUT2D eigenvalue weighted by atomic mass is 32.1. The van der Waals surface area contributed by atoms with Gasteiger partial charge < -0.3 is 4.90 Å². The van der Waals surface area contributed by atoms with Gasteiger partial charge in [-0.15, -0.1) is 11.3 Å². The molecule has 0 saturated carbocycles. The molecule has 2 unspecified atom stereocenters. The molecule has 2 bridgehead atoms. The van der Waals surface area contributed by atoms with Crippen molar-refractivity contribution < 1.29 is 4.79 Å². The molecule has 3 aromatic rings. The first-order chi connectivity index (χ1) is 14.1. The number of aromatic amines is 1. The van der Waals surface area contributed by atoms with Crippen LogP contribution >= 0.6 is 11.3 Å². The highest BCUT2D eigenvalue weighted by Gasteiger charge is 2.52. The average molecular weight is 404 g/mol. The Morgan fingerprint density at radius 3 is 2.83 bits per heavy atom. The predicted octanol–water partition coefficient (Wildman–Crippen LogP) is 4.07. The van der Waals surface area contributed by atoms with E-state index in [1.54, 1.807) is 23.7 Å². The molecule has 0 spiro atoms. The highest BCUT2D eigenvalue weighted by molar-refractivity contribution is 7.13. The van der Waals surface area contributed by atoms with Crippen molar-refractivity contribution in [3.63, 3.8) is 0 Å². The summed E-state index contributed by atoms with van der Waals surface area (Å²) in [7, 11) is 0. The zero-order chi connectivity index (χ0) is 20.0. The van der Waals surface area contributed by atoms with Crippen molar-refractivity contribution in [2.45, 2.75) is 50.1 Å². The zero-order valence-electron chi connectivity index (χ0n) is 16.1. The Hall–Kier alpha value is -2.98. The number of piperidine rings is 1. The maximum atomic E-state index is 13.4. The summed E-state index contributed by atoms with van der Waals surface area (Å²) in [6.07, 6.45) is 8.57. The number of aryl methyl sites for hydroxylation is 1. The molecule has 5 rings (SSSR count). The third-order valence-electron chi connectivity index (χ3n) is 6.33. The Kier molecular flexibility index (Phi) is 4.25. The number of hydrogen-bond donors (Lipinski definition) is 1. The summed E-state index contributed by atoms with van der Waals surface area (Å²) in [4.78, 5) is 21.0. The Morgan fingerprint density at radius 2 is 2.17 bits per heavy atom. The molecule has 0 aliphatic carbocycles. The lowest BCUT2D eigenvalue weighted by atomic mass is 9.72. The van der Waals surface area contributed by atoms with Crippen LogP contribution in [0.15, 0.2) is 42.2 Å².